The lowest BCUT2D eigenvalue weighted by Gasteiger charge is -2.29. The fourth-order valence-electron chi connectivity index (χ4n) is 2.10. The highest BCUT2D eigenvalue weighted by Gasteiger charge is 2.31. The van der Waals surface area contributed by atoms with Crippen LogP contribution in [0.3, 0.4) is 0 Å². The number of anilines is 1. The molecule has 1 aliphatic rings. The quantitative estimate of drug-likeness (QED) is 0.835. The first kappa shape index (κ1) is 13.9. The number of likely N-dealkylation sites (tertiary alicyclic amines) is 1. The molecule has 0 spiro atoms. The molecule has 1 saturated heterocycles. The smallest absolute Gasteiger partial charge is 0.251 e. The topological polar surface area (TPSA) is 82.4 Å². The fraction of sp³-hybridized carbons (Fsp3) is 0.357. The lowest BCUT2D eigenvalue weighted by molar-refractivity contribution is -0.146. The summed E-state index contributed by atoms with van der Waals surface area (Å²) >= 11 is 0. The second-order valence-electron chi connectivity index (χ2n) is 4.55. The Hall–Kier alpha value is -2.55. The lowest BCUT2D eigenvalue weighted by atomic mass is 10.0. The Morgan fingerprint density at radius 2 is 2.20 bits per heavy atom. The molecule has 1 heterocycles. The average Bonchev–Trinajstić information content (AvgIpc) is 2.47. The van der Waals surface area contributed by atoms with E-state index in [9.17, 15) is 9.59 Å². The molecule has 6 heteroatoms. The number of carbonyl (C=O) groups is 2. The van der Waals surface area contributed by atoms with Gasteiger partial charge < -0.3 is 10.1 Å². The molecule has 1 unspecified atom stereocenters. The maximum absolute atomic E-state index is 12.0. The Bertz CT molecular complexity index is 592. The number of nitriles is 1. The van der Waals surface area contributed by atoms with E-state index in [-0.39, 0.29) is 11.8 Å². The van der Waals surface area contributed by atoms with Crippen LogP contribution in [0.5, 0.6) is 5.75 Å². The second kappa shape index (κ2) is 5.61. The van der Waals surface area contributed by atoms with Gasteiger partial charge in [0.2, 0.25) is 5.91 Å². The molecule has 20 heavy (non-hydrogen) atoms. The van der Waals surface area contributed by atoms with Crippen molar-refractivity contribution in [2.45, 2.75) is 18.9 Å². The number of nitrogens with one attached hydrogen (secondary N) is 1. The van der Waals surface area contributed by atoms with Gasteiger partial charge in [-0.3, -0.25) is 14.5 Å². The van der Waals surface area contributed by atoms with Crippen LogP contribution in [0.2, 0.25) is 0 Å². The number of methoxy groups -OCH3 is 1. The summed E-state index contributed by atoms with van der Waals surface area (Å²) in [6.07, 6.45) is 0.732. The SMILES string of the molecule is COc1ccc(C#N)c(NC2CCC(=O)N(C)C2=O)c1. The van der Waals surface area contributed by atoms with Crippen LogP contribution in [0.25, 0.3) is 0 Å². The molecule has 6 nitrogen and oxygen atoms in total. The summed E-state index contributed by atoms with van der Waals surface area (Å²) in [7, 11) is 3.00. The van der Waals surface area contributed by atoms with Gasteiger partial charge in [-0.2, -0.15) is 5.26 Å². The Morgan fingerprint density at radius 3 is 2.85 bits per heavy atom. The van der Waals surface area contributed by atoms with Crippen molar-refractivity contribution in [1.82, 2.24) is 4.90 Å². The number of amides is 2. The third-order valence-electron chi connectivity index (χ3n) is 3.33. The third-order valence-corrected chi connectivity index (χ3v) is 3.33. The minimum Gasteiger partial charge on any atom is -0.497 e. The van der Waals surface area contributed by atoms with Gasteiger partial charge in [-0.1, -0.05) is 0 Å². The molecular formula is C14H15N3O3. The van der Waals surface area contributed by atoms with Crippen molar-refractivity contribution in [3.05, 3.63) is 23.8 Å². The molecule has 1 fully saturated rings. The molecule has 0 bridgehead atoms. The summed E-state index contributed by atoms with van der Waals surface area (Å²) in [5.74, 6) is 0.131. The zero-order valence-electron chi connectivity index (χ0n) is 11.3. The van der Waals surface area contributed by atoms with Crippen molar-refractivity contribution in [3.8, 4) is 11.8 Å². The van der Waals surface area contributed by atoms with Crippen molar-refractivity contribution in [2.24, 2.45) is 0 Å². The lowest BCUT2D eigenvalue weighted by Crippen LogP contribution is -2.48. The van der Waals surface area contributed by atoms with Gasteiger partial charge in [-0.25, -0.2) is 0 Å². The predicted octanol–water partition coefficient (Wildman–Crippen LogP) is 1.13. The second-order valence-corrected chi connectivity index (χ2v) is 4.55. The Balaban J connectivity index is 2.23. The van der Waals surface area contributed by atoms with Crippen LogP contribution >= 0.6 is 0 Å². The molecule has 0 aromatic heterocycles. The van der Waals surface area contributed by atoms with Gasteiger partial charge in [0.1, 0.15) is 17.9 Å². The van der Waals surface area contributed by atoms with Crippen LogP contribution < -0.4 is 10.1 Å². The van der Waals surface area contributed by atoms with E-state index in [2.05, 4.69) is 11.4 Å². The molecule has 1 atom stereocenters. The van der Waals surface area contributed by atoms with Crippen LogP contribution in [0, 0.1) is 11.3 Å². The van der Waals surface area contributed by atoms with E-state index in [4.69, 9.17) is 10.00 Å². The zero-order valence-corrected chi connectivity index (χ0v) is 11.3. The molecule has 1 N–H and O–H groups in total. The van der Waals surface area contributed by atoms with Crippen LogP contribution in [-0.2, 0) is 9.59 Å². The number of imide groups is 1. The van der Waals surface area contributed by atoms with Crippen molar-refractivity contribution in [3.63, 3.8) is 0 Å². The minimum atomic E-state index is -0.503. The molecule has 0 saturated carbocycles. The van der Waals surface area contributed by atoms with Gasteiger partial charge in [-0.15, -0.1) is 0 Å². The van der Waals surface area contributed by atoms with Crippen LogP contribution in [0.4, 0.5) is 5.69 Å². The number of nitrogens with zero attached hydrogens (tertiary/aromatic N) is 2. The Labute approximate surface area is 116 Å². The number of rotatable bonds is 3. The molecule has 0 radical (unpaired) electrons. The van der Waals surface area contributed by atoms with Crippen molar-refractivity contribution in [2.75, 3.05) is 19.5 Å². The first-order valence-electron chi connectivity index (χ1n) is 6.22. The highest BCUT2D eigenvalue weighted by Crippen LogP contribution is 2.24. The zero-order chi connectivity index (χ0) is 14.7. The van der Waals surface area contributed by atoms with E-state index in [0.717, 1.165) is 4.90 Å². The standard InChI is InChI=1S/C14H15N3O3/c1-17-13(18)6-5-11(14(17)19)16-12-7-10(20-2)4-3-9(12)8-15/h3-4,7,11,16H,5-6H2,1-2H3. The predicted molar refractivity (Wildman–Crippen MR) is 72.1 cm³/mol. The summed E-state index contributed by atoms with van der Waals surface area (Å²) in [4.78, 5) is 24.6. The third kappa shape index (κ3) is 2.57. The summed E-state index contributed by atoms with van der Waals surface area (Å²) in [5.41, 5.74) is 0.964. The van der Waals surface area contributed by atoms with Gasteiger partial charge >= 0.3 is 0 Å². The average molecular weight is 273 g/mol. The summed E-state index contributed by atoms with van der Waals surface area (Å²) in [6, 6.07) is 6.54. The van der Waals surface area contributed by atoms with Gasteiger partial charge in [0.15, 0.2) is 0 Å². The Kier molecular flexibility index (Phi) is 3.89. The van der Waals surface area contributed by atoms with E-state index in [1.165, 1.54) is 14.2 Å². The molecule has 104 valence electrons. The molecule has 1 aromatic rings. The van der Waals surface area contributed by atoms with E-state index in [0.29, 0.717) is 29.8 Å². The highest BCUT2D eigenvalue weighted by molar-refractivity contribution is 6.01. The maximum Gasteiger partial charge on any atom is 0.251 e. The van der Waals surface area contributed by atoms with Crippen molar-refractivity contribution in [1.29, 1.82) is 5.26 Å². The first-order chi connectivity index (χ1) is 9.56. The highest BCUT2D eigenvalue weighted by atomic mass is 16.5. The number of hydrogen-bond donors (Lipinski definition) is 1. The van der Waals surface area contributed by atoms with Crippen LogP contribution in [0.15, 0.2) is 18.2 Å². The van der Waals surface area contributed by atoms with Gasteiger partial charge in [0.05, 0.1) is 18.4 Å². The van der Waals surface area contributed by atoms with Gasteiger partial charge in [0.25, 0.3) is 5.91 Å². The number of likely N-dealkylation sites (N-methyl/N-ethyl adjacent to an activating group) is 1. The number of carbonyl (C=O) groups excluding carboxylic acids is 2. The summed E-state index contributed by atoms with van der Waals surface area (Å²) in [5, 5.41) is 12.1. The molecule has 0 aliphatic carbocycles. The number of benzene rings is 1. The summed E-state index contributed by atoms with van der Waals surface area (Å²) < 4.78 is 5.11. The van der Waals surface area contributed by atoms with E-state index >= 15 is 0 Å². The maximum atomic E-state index is 12.0. The van der Waals surface area contributed by atoms with E-state index in [1.807, 2.05) is 0 Å². The van der Waals surface area contributed by atoms with Crippen molar-refractivity contribution < 1.29 is 14.3 Å². The molecule has 1 aliphatic heterocycles. The van der Waals surface area contributed by atoms with Crippen LogP contribution in [-0.4, -0.2) is 36.9 Å². The minimum absolute atomic E-state index is 0.181. The first-order valence-corrected chi connectivity index (χ1v) is 6.22. The number of piperidine rings is 1. The molecule has 1 aromatic carbocycles. The van der Waals surface area contributed by atoms with Crippen molar-refractivity contribution >= 4 is 17.5 Å². The monoisotopic (exact) mass is 273 g/mol. The number of hydrogen-bond acceptors (Lipinski definition) is 5. The van der Waals surface area contributed by atoms with E-state index in [1.54, 1.807) is 18.2 Å². The van der Waals surface area contributed by atoms with E-state index < -0.39 is 6.04 Å². The number of ether oxygens (including phenoxy) is 1. The Morgan fingerprint density at radius 1 is 1.45 bits per heavy atom. The fourth-order valence-corrected chi connectivity index (χ4v) is 2.10. The largest absolute Gasteiger partial charge is 0.497 e. The molecular weight excluding hydrogens is 258 g/mol. The van der Waals surface area contributed by atoms with Crippen LogP contribution in [0.1, 0.15) is 18.4 Å². The normalized spacial score (nSPS) is 18.6. The molecule has 2 amide bonds. The van der Waals surface area contributed by atoms with Gasteiger partial charge in [-0.05, 0) is 18.6 Å². The molecule has 2 rings (SSSR count). The summed E-state index contributed by atoms with van der Waals surface area (Å²) in [6.45, 7) is 0. The van der Waals surface area contributed by atoms with Gasteiger partial charge in [0, 0.05) is 19.5 Å².